The number of hydrogen-bond donors (Lipinski definition) is 2. The van der Waals surface area contributed by atoms with Crippen molar-refractivity contribution in [3.05, 3.63) is 28.2 Å². The second-order valence-electron chi connectivity index (χ2n) is 4.32. The van der Waals surface area contributed by atoms with E-state index in [1.54, 1.807) is 12.1 Å². The number of ether oxygens (including phenoxy) is 1. The van der Waals surface area contributed by atoms with Gasteiger partial charge in [0.15, 0.2) is 0 Å². The molecular formula is C12H15BrN2O2. The van der Waals surface area contributed by atoms with Crippen molar-refractivity contribution in [2.75, 3.05) is 0 Å². The van der Waals surface area contributed by atoms with Crippen molar-refractivity contribution in [1.82, 2.24) is 0 Å². The van der Waals surface area contributed by atoms with Gasteiger partial charge in [-0.15, -0.1) is 0 Å². The van der Waals surface area contributed by atoms with Crippen molar-refractivity contribution in [3.8, 4) is 5.75 Å². The van der Waals surface area contributed by atoms with E-state index in [1.807, 2.05) is 6.07 Å². The third-order valence-corrected chi connectivity index (χ3v) is 3.42. The Bertz CT molecular complexity index is 437. The van der Waals surface area contributed by atoms with Crippen LogP contribution < -0.4 is 16.2 Å². The maximum Gasteiger partial charge on any atom is 0.252 e. The molecule has 0 heterocycles. The van der Waals surface area contributed by atoms with Gasteiger partial charge in [0.05, 0.1) is 5.56 Å². The van der Waals surface area contributed by atoms with Crippen LogP contribution in [0, 0.1) is 0 Å². The molecule has 5 heteroatoms. The number of amides is 1. The Labute approximate surface area is 108 Å². The summed E-state index contributed by atoms with van der Waals surface area (Å²) in [7, 11) is 0. The zero-order valence-electron chi connectivity index (χ0n) is 9.36. The second kappa shape index (κ2) is 5.06. The van der Waals surface area contributed by atoms with Crippen LogP contribution in [-0.4, -0.2) is 18.1 Å². The quantitative estimate of drug-likeness (QED) is 0.893. The summed E-state index contributed by atoms with van der Waals surface area (Å²) in [5, 5.41) is 0. The highest BCUT2D eigenvalue weighted by atomic mass is 79.9. The molecule has 1 aliphatic rings. The van der Waals surface area contributed by atoms with E-state index in [0.717, 1.165) is 23.7 Å². The molecule has 0 spiro atoms. The standard InChI is InChI=1S/C12H15BrN2O2/c13-7-1-4-11(10(5-7)12(15)16)17-9-3-2-8(14)6-9/h1,4-5,8-9H,2-3,6,14H2,(H2,15,16). The number of carbonyl (C=O) groups excluding carboxylic acids is 1. The van der Waals surface area contributed by atoms with E-state index < -0.39 is 5.91 Å². The van der Waals surface area contributed by atoms with E-state index in [4.69, 9.17) is 16.2 Å². The Hall–Kier alpha value is -1.07. The number of nitrogens with two attached hydrogens (primary N) is 2. The average molecular weight is 299 g/mol. The van der Waals surface area contributed by atoms with Gasteiger partial charge in [0.1, 0.15) is 11.9 Å². The van der Waals surface area contributed by atoms with Gasteiger partial charge in [0.2, 0.25) is 0 Å². The first-order chi connectivity index (χ1) is 8.06. The zero-order chi connectivity index (χ0) is 12.4. The van der Waals surface area contributed by atoms with Gasteiger partial charge in [-0.3, -0.25) is 4.79 Å². The van der Waals surface area contributed by atoms with Crippen molar-refractivity contribution in [2.24, 2.45) is 11.5 Å². The lowest BCUT2D eigenvalue weighted by molar-refractivity contribution is 0.0993. The minimum atomic E-state index is -0.483. The minimum absolute atomic E-state index is 0.0873. The summed E-state index contributed by atoms with van der Waals surface area (Å²) in [6, 6.07) is 5.46. The summed E-state index contributed by atoms with van der Waals surface area (Å²) in [4.78, 5) is 11.3. The summed E-state index contributed by atoms with van der Waals surface area (Å²) < 4.78 is 6.60. The molecule has 4 N–H and O–H groups in total. The first-order valence-corrected chi connectivity index (χ1v) is 6.37. The molecule has 0 bridgehead atoms. The molecule has 1 fully saturated rings. The van der Waals surface area contributed by atoms with Crippen LogP contribution >= 0.6 is 15.9 Å². The van der Waals surface area contributed by atoms with Gasteiger partial charge in [0, 0.05) is 10.5 Å². The molecule has 2 unspecified atom stereocenters. The lowest BCUT2D eigenvalue weighted by Gasteiger charge is -2.15. The fourth-order valence-corrected chi connectivity index (χ4v) is 2.42. The molecule has 0 saturated heterocycles. The lowest BCUT2D eigenvalue weighted by Crippen LogP contribution is -2.20. The Morgan fingerprint density at radius 2 is 2.18 bits per heavy atom. The number of benzene rings is 1. The third kappa shape index (κ3) is 2.98. The largest absolute Gasteiger partial charge is 0.490 e. The maximum atomic E-state index is 11.3. The van der Waals surface area contributed by atoms with Crippen LogP contribution in [0.3, 0.4) is 0 Å². The van der Waals surface area contributed by atoms with Crippen molar-refractivity contribution in [2.45, 2.75) is 31.4 Å². The van der Waals surface area contributed by atoms with Gasteiger partial charge in [-0.1, -0.05) is 15.9 Å². The smallest absolute Gasteiger partial charge is 0.252 e. The molecule has 1 amide bonds. The zero-order valence-corrected chi connectivity index (χ0v) is 10.9. The Morgan fingerprint density at radius 1 is 1.41 bits per heavy atom. The molecular weight excluding hydrogens is 284 g/mol. The Balaban J connectivity index is 2.17. The maximum absolute atomic E-state index is 11.3. The topological polar surface area (TPSA) is 78.3 Å². The molecule has 1 saturated carbocycles. The summed E-state index contributed by atoms with van der Waals surface area (Å²) in [5.74, 6) is 0.0587. The van der Waals surface area contributed by atoms with E-state index in [9.17, 15) is 4.79 Å². The molecule has 17 heavy (non-hydrogen) atoms. The van der Waals surface area contributed by atoms with Gasteiger partial charge < -0.3 is 16.2 Å². The van der Waals surface area contributed by atoms with E-state index in [2.05, 4.69) is 15.9 Å². The van der Waals surface area contributed by atoms with Gasteiger partial charge in [-0.05, 0) is 37.5 Å². The fourth-order valence-electron chi connectivity index (χ4n) is 2.06. The number of hydrogen-bond acceptors (Lipinski definition) is 3. The lowest BCUT2D eigenvalue weighted by atomic mass is 10.2. The predicted octanol–water partition coefficient (Wildman–Crippen LogP) is 1.81. The van der Waals surface area contributed by atoms with Crippen molar-refractivity contribution < 1.29 is 9.53 Å². The molecule has 4 nitrogen and oxygen atoms in total. The van der Waals surface area contributed by atoms with Gasteiger partial charge >= 0.3 is 0 Å². The summed E-state index contributed by atoms with van der Waals surface area (Å²) >= 11 is 3.30. The minimum Gasteiger partial charge on any atom is -0.490 e. The monoisotopic (exact) mass is 298 g/mol. The van der Waals surface area contributed by atoms with Crippen LogP contribution in [0.5, 0.6) is 5.75 Å². The van der Waals surface area contributed by atoms with Crippen LogP contribution in [-0.2, 0) is 0 Å². The van der Waals surface area contributed by atoms with E-state index in [0.29, 0.717) is 11.3 Å². The first-order valence-electron chi connectivity index (χ1n) is 5.58. The van der Waals surface area contributed by atoms with Gasteiger partial charge in [-0.2, -0.15) is 0 Å². The SMILES string of the molecule is NC(=O)c1cc(Br)ccc1OC1CCC(N)C1. The number of carbonyl (C=O) groups is 1. The highest BCUT2D eigenvalue weighted by molar-refractivity contribution is 9.10. The van der Waals surface area contributed by atoms with Gasteiger partial charge in [0.25, 0.3) is 5.91 Å². The molecule has 0 radical (unpaired) electrons. The summed E-state index contributed by atoms with van der Waals surface area (Å²) in [6.07, 6.45) is 2.81. The highest BCUT2D eigenvalue weighted by Gasteiger charge is 2.24. The van der Waals surface area contributed by atoms with Crippen molar-refractivity contribution in [1.29, 1.82) is 0 Å². The van der Waals surface area contributed by atoms with Crippen molar-refractivity contribution in [3.63, 3.8) is 0 Å². The van der Waals surface area contributed by atoms with E-state index >= 15 is 0 Å². The summed E-state index contributed by atoms with van der Waals surface area (Å²) in [5.41, 5.74) is 11.5. The van der Waals surface area contributed by atoms with Crippen LogP contribution in [0.4, 0.5) is 0 Å². The van der Waals surface area contributed by atoms with Crippen LogP contribution in [0.25, 0.3) is 0 Å². The average Bonchev–Trinajstić information content (AvgIpc) is 2.66. The van der Waals surface area contributed by atoms with Crippen molar-refractivity contribution >= 4 is 21.8 Å². The molecule has 2 atom stereocenters. The molecule has 92 valence electrons. The molecule has 0 aromatic heterocycles. The molecule has 1 aromatic carbocycles. The molecule has 0 aliphatic heterocycles. The molecule has 2 rings (SSSR count). The van der Waals surface area contributed by atoms with E-state index in [1.165, 1.54) is 0 Å². The highest BCUT2D eigenvalue weighted by Crippen LogP contribution is 2.28. The normalized spacial score (nSPS) is 23.6. The first kappa shape index (κ1) is 12.4. The molecule has 1 aromatic rings. The second-order valence-corrected chi connectivity index (χ2v) is 5.23. The number of rotatable bonds is 3. The van der Waals surface area contributed by atoms with Crippen LogP contribution in [0.1, 0.15) is 29.6 Å². The molecule has 1 aliphatic carbocycles. The number of halogens is 1. The van der Waals surface area contributed by atoms with Crippen LogP contribution in [0.2, 0.25) is 0 Å². The van der Waals surface area contributed by atoms with Gasteiger partial charge in [-0.25, -0.2) is 0 Å². The van der Waals surface area contributed by atoms with E-state index in [-0.39, 0.29) is 12.1 Å². The Morgan fingerprint density at radius 3 is 2.76 bits per heavy atom. The van der Waals surface area contributed by atoms with Crippen LogP contribution in [0.15, 0.2) is 22.7 Å². The fraction of sp³-hybridized carbons (Fsp3) is 0.417. The predicted molar refractivity (Wildman–Crippen MR) is 68.9 cm³/mol. The summed E-state index contributed by atoms with van der Waals surface area (Å²) in [6.45, 7) is 0. The number of primary amides is 1. The third-order valence-electron chi connectivity index (χ3n) is 2.93. The Kier molecular flexibility index (Phi) is 3.69.